The number of amides is 2. The van der Waals surface area contributed by atoms with E-state index in [1.807, 2.05) is 13.0 Å². The van der Waals surface area contributed by atoms with E-state index in [-0.39, 0.29) is 5.91 Å². The minimum absolute atomic E-state index is 0.310. The van der Waals surface area contributed by atoms with Crippen molar-refractivity contribution in [2.75, 3.05) is 68.3 Å². The average Bonchev–Trinajstić information content (AvgIpc) is 2.99. The Balaban J connectivity index is 1.50. The van der Waals surface area contributed by atoms with Crippen LogP contribution >= 0.6 is 11.6 Å². The number of hydrogen-bond acceptors (Lipinski definition) is 10. The van der Waals surface area contributed by atoms with Crippen molar-refractivity contribution in [3.05, 3.63) is 71.0 Å². The summed E-state index contributed by atoms with van der Waals surface area (Å²) in [5, 5.41) is 9.69. The van der Waals surface area contributed by atoms with Gasteiger partial charge in [0.15, 0.2) is 0 Å². The van der Waals surface area contributed by atoms with Crippen molar-refractivity contribution in [1.82, 2.24) is 20.3 Å². The summed E-state index contributed by atoms with van der Waals surface area (Å²) < 4.78 is 5.31. The molecule has 0 unspecified atom stereocenters. The maximum Gasteiger partial charge on any atom is 0.275 e. The van der Waals surface area contributed by atoms with E-state index in [0.717, 1.165) is 43.0 Å². The molecule has 42 heavy (non-hydrogen) atoms. The lowest BCUT2D eigenvalue weighted by atomic mass is 10.1. The maximum absolute atomic E-state index is 12.3. The summed E-state index contributed by atoms with van der Waals surface area (Å²) in [7, 11) is 4.94. The van der Waals surface area contributed by atoms with Crippen LogP contribution in [0.3, 0.4) is 0 Å². The first kappa shape index (κ1) is 30.6. The molecular weight excluding hydrogens is 560 g/mol. The van der Waals surface area contributed by atoms with Crippen LogP contribution < -0.4 is 31.1 Å². The minimum atomic E-state index is -0.440. The van der Waals surface area contributed by atoms with Crippen LogP contribution in [0.15, 0.2) is 49.3 Å². The van der Waals surface area contributed by atoms with E-state index in [4.69, 9.17) is 21.2 Å². The number of methoxy groups -OCH3 is 1. The lowest BCUT2D eigenvalue weighted by Crippen LogP contribution is -2.44. The third kappa shape index (κ3) is 7.46. The average molecular weight is 595 g/mol. The minimum Gasteiger partial charge on any atom is -0.495 e. The summed E-state index contributed by atoms with van der Waals surface area (Å²) >= 11 is 6.45. The molecule has 13 heteroatoms. The van der Waals surface area contributed by atoms with E-state index in [2.05, 4.69) is 60.9 Å². The molecular formula is C29H35ClN8O4. The van der Waals surface area contributed by atoms with E-state index in [1.165, 1.54) is 26.4 Å². The van der Waals surface area contributed by atoms with Crippen molar-refractivity contribution in [2.24, 2.45) is 0 Å². The molecule has 1 aliphatic rings. The number of ether oxygens (including phenoxy) is 1. The highest BCUT2D eigenvalue weighted by molar-refractivity contribution is 6.35. The molecule has 1 saturated heterocycles. The van der Waals surface area contributed by atoms with Gasteiger partial charge < -0.3 is 30.5 Å². The van der Waals surface area contributed by atoms with Crippen LogP contribution in [0.25, 0.3) is 0 Å². The van der Waals surface area contributed by atoms with Gasteiger partial charge in [-0.1, -0.05) is 18.2 Å². The Morgan fingerprint density at radius 3 is 2.43 bits per heavy atom. The van der Waals surface area contributed by atoms with Crippen LogP contribution in [0.5, 0.6) is 5.75 Å². The van der Waals surface area contributed by atoms with E-state index >= 15 is 0 Å². The number of piperazine rings is 1. The number of hydroxylamine groups is 1. The number of aromatic nitrogens is 2. The summed E-state index contributed by atoms with van der Waals surface area (Å²) in [6.07, 6.45) is 4.58. The van der Waals surface area contributed by atoms with Gasteiger partial charge in [0.25, 0.3) is 5.91 Å². The second kappa shape index (κ2) is 14.0. The third-order valence-electron chi connectivity index (χ3n) is 6.77. The molecule has 1 aliphatic heterocycles. The smallest absolute Gasteiger partial charge is 0.275 e. The molecule has 0 radical (unpaired) electrons. The van der Waals surface area contributed by atoms with Gasteiger partial charge >= 0.3 is 0 Å². The van der Waals surface area contributed by atoms with Gasteiger partial charge in [0.1, 0.15) is 10.8 Å². The molecule has 222 valence electrons. The van der Waals surface area contributed by atoms with Crippen molar-refractivity contribution in [1.29, 1.82) is 0 Å². The number of hydrogen-bond donors (Lipinski definition) is 4. The number of carbonyl (C=O) groups excluding carboxylic acids is 2. The highest BCUT2D eigenvalue weighted by Gasteiger charge is 2.19. The van der Waals surface area contributed by atoms with Gasteiger partial charge in [0.05, 0.1) is 31.3 Å². The quantitative estimate of drug-likeness (QED) is 0.191. The Kier molecular flexibility index (Phi) is 10.2. The predicted molar refractivity (Wildman–Crippen MR) is 165 cm³/mol. The number of halogens is 1. The van der Waals surface area contributed by atoms with Crippen LogP contribution in [0, 0.1) is 6.92 Å². The molecule has 0 saturated carbocycles. The van der Waals surface area contributed by atoms with Gasteiger partial charge in [-0.2, -0.15) is 0 Å². The molecule has 0 spiro atoms. The lowest BCUT2D eigenvalue weighted by Gasteiger charge is -2.34. The third-order valence-corrected chi connectivity index (χ3v) is 7.16. The first-order valence-electron chi connectivity index (χ1n) is 13.3. The van der Waals surface area contributed by atoms with Gasteiger partial charge in [-0.25, -0.2) is 15.4 Å². The number of nitrogens with zero attached hydrogens (tertiary/aromatic N) is 4. The fourth-order valence-corrected chi connectivity index (χ4v) is 4.69. The molecule has 12 nitrogen and oxygen atoms in total. The number of anilines is 5. The molecule has 2 aromatic carbocycles. The Hall–Kier alpha value is -4.39. The monoisotopic (exact) mass is 594 g/mol. The normalized spacial score (nSPS) is 13.3. The Bertz CT molecular complexity index is 1440. The Morgan fingerprint density at radius 2 is 1.79 bits per heavy atom. The number of aryl methyl sites for hydroxylation is 1. The highest BCUT2D eigenvalue weighted by atomic mass is 35.5. The van der Waals surface area contributed by atoms with Crippen molar-refractivity contribution >= 4 is 52.1 Å². The summed E-state index contributed by atoms with van der Waals surface area (Å²) in [5.41, 5.74) is 7.13. The topological polar surface area (TPSA) is 133 Å². The predicted octanol–water partition coefficient (Wildman–Crippen LogP) is 3.97. The van der Waals surface area contributed by atoms with Crippen LogP contribution in [0.2, 0.25) is 5.02 Å². The molecule has 1 fully saturated rings. The molecule has 4 N–H and O–H groups in total. The van der Waals surface area contributed by atoms with Crippen LogP contribution in [-0.2, 0) is 16.2 Å². The number of benzene rings is 2. The molecule has 0 atom stereocenters. The Morgan fingerprint density at radius 1 is 1.07 bits per heavy atom. The van der Waals surface area contributed by atoms with E-state index in [1.54, 1.807) is 18.5 Å². The van der Waals surface area contributed by atoms with Crippen molar-refractivity contribution in [3.8, 4) is 5.75 Å². The number of likely N-dealkylation sites (N-methyl/N-ethyl adjacent to an activating group) is 1. The molecule has 2 amide bonds. The fourth-order valence-electron chi connectivity index (χ4n) is 4.44. The van der Waals surface area contributed by atoms with Crippen LogP contribution in [-0.4, -0.2) is 74.1 Å². The zero-order valence-corrected chi connectivity index (χ0v) is 24.8. The second-order valence-electron chi connectivity index (χ2n) is 9.74. The number of nitrogens with one attached hydrogen (secondary N) is 4. The lowest BCUT2D eigenvalue weighted by molar-refractivity contribution is -0.111. The fraction of sp³-hybridized carbons (Fsp3) is 0.310. The van der Waals surface area contributed by atoms with Crippen molar-refractivity contribution in [3.63, 3.8) is 0 Å². The molecule has 0 aliphatic carbocycles. The zero-order valence-electron chi connectivity index (χ0n) is 24.1. The molecule has 4 rings (SSSR count). The molecule has 1 aromatic heterocycles. The van der Waals surface area contributed by atoms with Crippen LogP contribution in [0.4, 0.5) is 28.7 Å². The van der Waals surface area contributed by atoms with Gasteiger partial charge in [0, 0.05) is 61.9 Å². The van der Waals surface area contributed by atoms with Gasteiger partial charge in [-0.3, -0.25) is 14.4 Å². The summed E-state index contributed by atoms with van der Waals surface area (Å²) in [6, 6.07) is 7.17. The highest BCUT2D eigenvalue weighted by Crippen LogP contribution is 2.35. The summed E-state index contributed by atoms with van der Waals surface area (Å²) in [4.78, 5) is 42.8. The second-order valence-corrected chi connectivity index (χ2v) is 10.1. The summed E-state index contributed by atoms with van der Waals surface area (Å²) in [5.74, 6) is -0.0486. The molecule has 0 bridgehead atoms. The van der Waals surface area contributed by atoms with Gasteiger partial charge in [0.2, 0.25) is 11.9 Å². The summed E-state index contributed by atoms with van der Waals surface area (Å²) in [6.45, 7) is 9.63. The van der Waals surface area contributed by atoms with E-state index < -0.39 is 5.91 Å². The first-order valence-corrected chi connectivity index (χ1v) is 13.6. The Labute approximate surface area is 250 Å². The van der Waals surface area contributed by atoms with E-state index in [0.29, 0.717) is 45.9 Å². The number of rotatable bonds is 11. The first-order chi connectivity index (χ1) is 20.2. The largest absolute Gasteiger partial charge is 0.495 e. The number of carbonyl (C=O) groups is 2. The standard InChI is InChI=1S/C29H35ClN8O4/c1-6-25(39)34-23-14-21(38-9-7-37(3)8-10-38)11-18(2)27(23)35-29-32-16-19(17-33-29)15-31-22-12-20(28(40)36-42-5)13-24(41-4)26(22)30/h6,11-14,16-17,31H,1,7-10,15H2,2-5H3,(H,34,39)(H,36,40)(H,32,33,35). The zero-order chi connectivity index (χ0) is 30.2. The van der Waals surface area contributed by atoms with Gasteiger partial charge in [-0.05, 0) is 49.9 Å². The van der Waals surface area contributed by atoms with Gasteiger partial charge in [-0.15, -0.1) is 0 Å². The SMILES string of the molecule is C=CC(=O)Nc1cc(N2CCN(C)CC2)cc(C)c1Nc1ncc(CNc2cc(C(=O)NOC)cc(OC)c2Cl)cn1. The molecule has 3 aromatic rings. The van der Waals surface area contributed by atoms with E-state index in [9.17, 15) is 9.59 Å². The van der Waals surface area contributed by atoms with Crippen LogP contribution in [0.1, 0.15) is 21.5 Å². The molecule has 2 heterocycles. The maximum atomic E-state index is 12.3. The van der Waals surface area contributed by atoms with Crippen molar-refractivity contribution < 1.29 is 19.2 Å². The van der Waals surface area contributed by atoms with Crippen molar-refractivity contribution in [2.45, 2.75) is 13.5 Å².